The Hall–Kier alpha value is -1.19. The molecule has 114 valence electrons. The normalized spacial score (nSPS) is 11.9. The molecule has 0 saturated carbocycles. The number of halogens is 3. The molecule has 0 unspecified atom stereocenters. The molecule has 20 heavy (non-hydrogen) atoms. The van der Waals surface area contributed by atoms with E-state index in [1.54, 1.807) is 6.07 Å². The first-order valence-corrected chi connectivity index (χ1v) is 7.31. The summed E-state index contributed by atoms with van der Waals surface area (Å²) >= 11 is 0. The molecule has 0 aliphatic heterocycles. The molecule has 0 saturated heterocycles. The van der Waals surface area contributed by atoms with Crippen LogP contribution in [-0.2, 0) is 6.18 Å². The van der Waals surface area contributed by atoms with Crippen molar-refractivity contribution >= 4 is 5.69 Å². The van der Waals surface area contributed by atoms with Gasteiger partial charge in [-0.2, -0.15) is 13.2 Å². The number of rotatable bonds is 8. The Balaban J connectivity index is 2.29. The molecule has 0 atom stereocenters. The minimum Gasteiger partial charge on any atom is -0.385 e. The molecule has 0 spiro atoms. The number of hydrogen-bond donors (Lipinski definition) is 1. The Bertz CT molecular complexity index is 386. The van der Waals surface area contributed by atoms with E-state index >= 15 is 0 Å². The van der Waals surface area contributed by atoms with Crippen molar-refractivity contribution in [1.82, 2.24) is 0 Å². The summed E-state index contributed by atoms with van der Waals surface area (Å²) in [6.07, 6.45) is 1.26. The van der Waals surface area contributed by atoms with E-state index in [0.717, 1.165) is 31.2 Å². The van der Waals surface area contributed by atoms with Crippen LogP contribution in [0.5, 0.6) is 0 Å². The van der Waals surface area contributed by atoms with Crippen LogP contribution in [0.15, 0.2) is 24.3 Å². The lowest BCUT2D eigenvalue weighted by molar-refractivity contribution is -0.136. The third kappa shape index (κ3) is 6.31. The van der Waals surface area contributed by atoms with Crippen molar-refractivity contribution in [3.05, 3.63) is 29.8 Å². The second-order valence-electron chi connectivity index (χ2n) is 5.57. The number of alkyl halides is 3. The topological polar surface area (TPSA) is 12.0 Å². The molecule has 1 aromatic carbocycles. The summed E-state index contributed by atoms with van der Waals surface area (Å²) in [7, 11) is 0. The number of para-hydroxylation sites is 1. The van der Waals surface area contributed by atoms with Gasteiger partial charge in [-0.3, -0.25) is 0 Å². The fraction of sp³-hybridized carbons (Fsp3) is 0.625. The Morgan fingerprint density at radius 1 is 1.00 bits per heavy atom. The van der Waals surface area contributed by atoms with E-state index < -0.39 is 11.7 Å². The maximum Gasteiger partial charge on any atom is 0.418 e. The maximum atomic E-state index is 12.8. The number of benzene rings is 1. The van der Waals surface area contributed by atoms with E-state index in [1.165, 1.54) is 25.0 Å². The van der Waals surface area contributed by atoms with Gasteiger partial charge in [0.2, 0.25) is 0 Å². The van der Waals surface area contributed by atoms with Crippen LogP contribution in [0.4, 0.5) is 18.9 Å². The van der Waals surface area contributed by atoms with E-state index in [4.69, 9.17) is 0 Å². The molecule has 0 aliphatic rings. The van der Waals surface area contributed by atoms with Crippen molar-refractivity contribution in [2.24, 2.45) is 5.92 Å². The van der Waals surface area contributed by atoms with Crippen LogP contribution in [0.3, 0.4) is 0 Å². The Kier molecular flexibility index (Phi) is 6.89. The fourth-order valence-electron chi connectivity index (χ4n) is 2.14. The van der Waals surface area contributed by atoms with Gasteiger partial charge in [-0.25, -0.2) is 0 Å². The van der Waals surface area contributed by atoms with Crippen LogP contribution >= 0.6 is 0 Å². The van der Waals surface area contributed by atoms with Gasteiger partial charge in [0.25, 0.3) is 0 Å². The highest BCUT2D eigenvalue weighted by molar-refractivity contribution is 5.52. The van der Waals surface area contributed by atoms with Crippen molar-refractivity contribution in [1.29, 1.82) is 0 Å². The van der Waals surface area contributed by atoms with Gasteiger partial charge in [-0.05, 0) is 24.5 Å². The lowest BCUT2D eigenvalue weighted by atomic mass is 10.0. The highest BCUT2D eigenvalue weighted by Gasteiger charge is 2.32. The summed E-state index contributed by atoms with van der Waals surface area (Å²) in [6, 6.07) is 5.65. The van der Waals surface area contributed by atoms with Crippen LogP contribution in [0, 0.1) is 5.92 Å². The van der Waals surface area contributed by atoms with Crippen LogP contribution in [0.25, 0.3) is 0 Å². The van der Waals surface area contributed by atoms with Gasteiger partial charge in [0, 0.05) is 12.2 Å². The molecule has 1 rings (SSSR count). The molecule has 0 fully saturated rings. The molecule has 0 bridgehead atoms. The second-order valence-corrected chi connectivity index (χ2v) is 5.57. The fourth-order valence-corrected chi connectivity index (χ4v) is 2.14. The summed E-state index contributed by atoms with van der Waals surface area (Å²) in [5.41, 5.74) is -0.401. The Labute approximate surface area is 119 Å². The van der Waals surface area contributed by atoms with Gasteiger partial charge in [0.15, 0.2) is 0 Å². The van der Waals surface area contributed by atoms with Crippen molar-refractivity contribution < 1.29 is 13.2 Å². The minimum atomic E-state index is -4.29. The van der Waals surface area contributed by atoms with Crippen molar-refractivity contribution in [3.63, 3.8) is 0 Å². The molecule has 0 amide bonds. The molecule has 0 heterocycles. The lowest BCUT2D eigenvalue weighted by Gasteiger charge is -2.14. The first kappa shape index (κ1) is 16.9. The molecule has 4 heteroatoms. The minimum absolute atomic E-state index is 0.183. The average Bonchev–Trinajstić information content (AvgIpc) is 2.36. The average molecular weight is 287 g/mol. The first-order valence-electron chi connectivity index (χ1n) is 7.31. The van der Waals surface area contributed by atoms with Crippen molar-refractivity contribution in [2.45, 2.75) is 52.1 Å². The molecular weight excluding hydrogens is 263 g/mol. The number of hydrogen-bond acceptors (Lipinski definition) is 1. The van der Waals surface area contributed by atoms with Gasteiger partial charge in [-0.15, -0.1) is 0 Å². The number of anilines is 1. The van der Waals surface area contributed by atoms with E-state index in [1.807, 2.05) is 0 Å². The summed E-state index contributed by atoms with van der Waals surface area (Å²) in [6.45, 7) is 5.00. The van der Waals surface area contributed by atoms with Gasteiger partial charge in [-0.1, -0.05) is 51.7 Å². The van der Waals surface area contributed by atoms with E-state index in [9.17, 15) is 13.2 Å². The van der Waals surface area contributed by atoms with Crippen LogP contribution in [-0.4, -0.2) is 6.54 Å². The quantitative estimate of drug-likeness (QED) is 0.603. The molecule has 1 aromatic rings. The van der Waals surface area contributed by atoms with E-state index in [0.29, 0.717) is 6.54 Å². The summed E-state index contributed by atoms with van der Waals surface area (Å²) in [4.78, 5) is 0. The van der Waals surface area contributed by atoms with Gasteiger partial charge in [0.05, 0.1) is 5.56 Å². The largest absolute Gasteiger partial charge is 0.418 e. The third-order valence-electron chi connectivity index (χ3n) is 3.26. The molecule has 0 radical (unpaired) electrons. The SMILES string of the molecule is CC(C)CCCCCCNc1ccccc1C(F)(F)F. The molecule has 0 aromatic heterocycles. The van der Waals surface area contributed by atoms with Crippen molar-refractivity contribution in [3.8, 4) is 0 Å². The van der Waals surface area contributed by atoms with E-state index in [2.05, 4.69) is 19.2 Å². The monoisotopic (exact) mass is 287 g/mol. The zero-order valence-electron chi connectivity index (χ0n) is 12.3. The predicted octanol–water partition coefficient (Wildman–Crippen LogP) is 5.72. The molecule has 1 N–H and O–H groups in total. The highest BCUT2D eigenvalue weighted by Crippen LogP contribution is 2.34. The van der Waals surface area contributed by atoms with Gasteiger partial charge in [0.1, 0.15) is 0 Å². The Morgan fingerprint density at radius 3 is 2.30 bits per heavy atom. The number of unbranched alkanes of at least 4 members (excludes halogenated alkanes) is 3. The third-order valence-corrected chi connectivity index (χ3v) is 3.26. The maximum absolute atomic E-state index is 12.8. The predicted molar refractivity (Wildman–Crippen MR) is 77.9 cm³/mol. The molecule has 0 aliphatic carbocycles. The van der Waals surface area contributed by atoms with Gasteiger partial charge >= 0.3 is 6.18 Å². The summed E-state index contributed by atoms with van der Waals surface area (Å²) in [5.74, 6) is 0.729. The van der Waals surface area contributed by atoms with Crippen molar-refractivity contribution in [2.75, 3.05) is 11.9 Å². The smallest absolute Gasteiger partial charge is 0.385 e. The van der Waals surface area contributed by atoms with Crippen LogP contribution < -0.4 is 5.32 Å². The zero-order valence-corrected chi connectivity index (χ0v) is 12.3. The zero-order chi connectivity index (χ0) is 15.0. The van der Waals surface area contributed by atoms with Crippen LogP contribution in [0.1, 0.15) is 51.5 Å². The first-order chi connectivity index (χ1) is 9.41. The van der Waals surface area contributed by atoms with Gasteiger partial charge < -0.3 is 5.32 Å². The highest BCUT2D eigenvalue weighted by atomic mass is 19.4. The Morgan fingerprint density at radius 2 is 1.65 bits per heavy atom. The summed E-state index contributed by atoms with van der Waals surface area (Å²) < 4.78 is 38.3. The van der Waals surface area contributed by atoms with E-state index in [-0.39, 0.29) is 5.69 Å². The second kappa shape index (κ2) is 8.18. The molecule has 1 nitrogen and oxygen atoms in total. The summed E-state index contributed by atoms with van der Waals surface area (Å²) in [5, 5.41) is 2.90. The molecular formula is C16H24F3N. The lowest BCUT2D eigenvalue weighted by Crippen LogP contribution is -2.11. The standard InChI is InChI=1S/C16H24F3N/c1-13(2)9-5-3-4-8-12-20-15-11-7-6-10-14(15)16(17,18)19/h6-7,10-11,13,20H,3-5,8-9,12H2,1-2H3. The number of nitrogens with one attached hydrogen (secondary N) is 1. The van der Waals surface area contributed by atoms with Crippen LogP contribution in [0.2, 0.25) is 0 Å².